The maximum Gasteiger partial charge on any atom is 0.187 e. The molecular formula is C14H20N4S. The first kappa shape index (κ1) is 13.9. The average Bonchev–Trinajstić information content (AvgIpc) is 2.43. The molecule has 2 N–H and O–H groups in total. The topological polar surface area (TPSA) is 49.3 Å². The Morgan fingerprint density at radius 3 is 3.05 bits per heavy atom. The van der Waals surface area contributed by atoms with Gasteiger partial charge in [0.1, 0.15) is 0 Å². The minimum atomic E-state index is 0.474. The highest BCUT2D eigenvalue weighted by Gasteiger charge is 2.21. The van der Waals surface area contributed by atoms with Gasteiger partial charge in [-0.25, -0.2) is 0 Å². The van der Waals surface area contributed by atoms with E-state index in [2.05, 4.69) is 27.8 Å². The Morgan fingerprint density at radius 1 is 1.47 bits per heavy atom. The van der Waals surface area contributed by atoms with Crippen molar-refractivity contribution in [1.82, 2.24) is 15.7 Å². The lowest BCUT2D eigenvalue weighted by Crippen LogP contribution is -2.44. The molecule has 0 aromatic carbocycles. The predicted octanol–water partition coefficient (Wildman–Crippen LogP) is 2.46. The van der Waals surface area contributed by atoms with Crippen molar-refractivity contribution in [2.45, 2.75) is 38.6 Å². The minimum absolute atomic E-state index is 0.474. The van der Waals surface area contributed by atoms with Gasteiger partial charge in [-0.05, 0) is 37.0 Å². The van der Waals surface area contributed by atoms with E-state index in [9.17, 15) is 0 Å². The molecule has 0 radical (unpaired) electrons. The largest absolute Gasteiger partial charge is 0.358 e. The highest BCUT2D eigenvalue weighted by Crippen LogP contribution is 2.23. The van der Waals surface area contributed by atoms with Crippen LogP contribution in [0.4, 0.5) is 0 Å². The molecular weight excluding hydrogens is 256 g/mol. The monoisotopic (exact) mass is 276 g/mol. The van der Waals surface area contributed by atoms with Gasteiger partial charge in [0.15, 0.2) is 5.11 Å². The number of thiocarbonyl (C=S) groups is 1. The van der Waals surface area contributed by atoms with Crippen molar-refractivity contribution >= 4 is 23.5 Å². The van der Waals surface area contributed by atoms with Crippen LogP contribution in [-0.2, 0) is 0 Å². The Bertz CT molecular complexity index is 432. The molecule has 0 unspecified atom stereocenters. The Hall–Kier alpha value is -1.49. The van der Waals surface area contributed by atoms with E-state index in [1.807, 2.05) is 12.1 Å². The Morgan fingerprint density at radius 2 is 2.32 bits per heavy atom. The normalized spacial score (nSPS) is 23.2. The van der Waals surface area contributed by atoms with Gasteiger partial charge in [0.25, 0.3) is 0 Å². The van der Waals surface area contributed by atoms with Crippen LogP contribution in [0, 0.1) is 5.92 Å². The lowest BCUT2D eigenvalue weighted by molar-refractivity contribution is 0.308. The van der Waals surface area contributed by atoms with Gasteiger partial charge >= 0.3 is 0 Å². The quantitative estimate of drug-likeness (QED) is 0.506. The van der Waals surface area contributed by atoms with Crippen molar-refractivity contribution in [3.63, 3.8) is 0 Å². The first-order valence-corrected chi connectivity index (χ1v) is 7.16. The van der Waals surface area contributed by atoms with Gasteiger partial charge in [-0.1, -0.05) is 25.8 Å². The maximum absolute atomic E-state index is 5.25. The van der Waals surface area contributed by atoms with Crippen LogP contribution in [0.15, 0.2) is 29.6 Å². The maximum atomic E-state index is 5.25. The number of nitrogens with zero attached hydrogens (tertiary/aromatic N) is 2. The number of aromatic nitrogens is 1. The molecule has 1 fully saturated rings. The van der Waals surface area contributed by atoms with E-state index in [1.54, 1.807) is 18.6 Å². The number of hydrazone groups is 1. The van der Waals surface area contributed by atoms with E-state index in [-0.39, 0.29) is 0 Å². The summed E-state index contributed by atoms with van der Waals surface area (Å²) in [7, 11) is 0. The second kappa shape index (κ2) is 7.19. The van der Waals surface area contributed by atoms with E-state index in [4.69, 9.17) is 12.2 Å². The van der Waals surface area contributed by atoms with Crippen LogP contribution in [0.3, 0.4) is 0 Å². The lowest BCUT2D eigenvalue weighted by atomic mass is 9.86. The minimum Gasteiger partial charge on any atom is -0.358 e. The average molecular weight is 276 g/mol. The van der Waals surface area contributed by atoms with E-state index in [1.165, 1.54) is 25.7 Å². The summed E-state index contributed by atoms with van der Waals surface area (Å²) >= 11 is 5.25. The Kier molecular flexibility index (Phi) is 5.27. The van der Waals surface area contributed by atoms with Crippen LogP contribution in [0.5, 0.6) is 0 Å². The Labute approximate surface area is 119 Å². The fourth-order valence-electron chi connectivity index (χ4n) is 2.35. The summed E-state index contributed by atoms with van der Waals surface area (Å²) in [6.45, 7) is 2.28. The van der Waals surface area contributed by atoms with Crippen molar-refractivity contribution < 1.29 is 0 Å². The summed E-state index contributed by atoms with van der Waals surface area (Å²) in [5, 5.41) is 8.06. The molecule has 0 aliphatic heterocycles. The third kappa shape index (κ3) is 4.59. The van der Waals surface area contributed by atoms with Crippen LogP contribution >= 0.6 is 12.2 Å². The molecule has 1 aliphatic carbocycles. The van der Waals surface area contributed by atoms with Crippen molar-refractivity contribution in [3.05, 3.63) is 30.1 Å². The summed E-state index contributed by atoms with van der Waals surface area (Å²) in [5.74, 6) is 0.677. The highest BCUT2D eigenvalue weighted by molar-refractivity contribution is 7.80. The van der Waals surface area contributed by atoms with E-state index < -0.39 is 0 Å². The van der Waals surface area contributed by atoms with Gasteiger partial charge in [-0.3, -0.25) is 10.4 Å². The third-order valence-corrected chi connectivity index (χ3v) is 3.70. The predicted molar refractivity (Wildman–Crippen MR) is 82.1 cm³/mol. The summed E-state index contributed by atoms with van der Waals surface area (Å²) in [6, 6.07) is 4.29. The van der Waals surface area contributed by atoms with E-state index in [0.29, 0.717) is 17.1 Å². The van der Waals surface area contributed by atoms with Gasteiger partial charge in [0.05, 0.1) is 6.21 Å². The first-order chi connectivity index (χ1) is 9.25. The highest BCUT2D eigenvalue weighted by atomic mass is 32.1. The smallest absolute Gasteiger partial charge is 0.187 e. The van der Waals surface area contributed by atoms with Crippen LogP contribution < -0.4 is 10.7 Å². The summed E-state index contributed by atoms with van der Waals surface area (Å²) in [4.78, 5) is 4.02. The van der Waals surface area contributed by atoms with E-state index >= 15 is 0 Å². The summed E-state index contributed by atoms with van der Waals surface area (Å²) in [6.07, 6.45) is 10.3. The zero-order valence-corrected chi connectivity index (χ0v) is 12.0. The fourth-order valence-corrected chi connectivity index (χ4v) is 2.55. The fraction of sp³-hybridized carbons (Fsp3) is 0.500. The number of rotatable bonds is 3. The zero-order chi connectivity index (χ0) is 13.5. The Balaban J connectivity index is 1.77. The van der Waals surface area contributed by atoms with E-state index in [0.717, 1.165) is 5.56 Å². The lowest BCUT2D eigenvalue weighted by Gasteiger charge is -2.30. The van der Waals surface area contributed by atoms with Gasteiger partial charge in [-0.15, -0.1) is 0 Å². The first-order valence-electron chi connectivity index (χ1n) is 6.75. The van der Waals surface area contributed by atoms with Crippen molar-refractivity contribution in [2.75, 3.05) is 0 Å². The number of pyridine rings is 1. The van der Waals surface area contributed by atoms with Crippen LogP contribution in [0.25, 0.3) is 0 Å². The second-order valence-electron chi connectivity index (χ2n) is 5.00. The molecule has 1 aromatic heterocycles. The zero-order valence-electron chi connectivity index (χ0n) is 11.2. The number of nitrogens with one attached hydrogen (secondary N) is 2. The molecule has 102 valence electrons. The van der Waals surface area contributed by atoms with Crippen LogP contribution in [-0.4, -0.2) is 22.4 Å². The summed E-state index contributed by atoms with van der Waals surface area (Å²) < 4.78 is 0. The number of hydrogen-bond donors (Lipinski definition) is 2. The molecule has 1 saturated carbocycles. The number of hydrogen-bond acceptors (Lipinski definition) is 3. The second-order valence-corrected chi connectivity index (χ2v) is 5.41. The molecule has 1 heterocycles. The molecule has 0 spiro atoms. The molecule has 2 rings (SSSR count). The molecule has 0 bridgehead atoms. The van der Waals surface area contributed by atoms with Crippen molar-refractivity contribution in [1.29, 1.82) is 0 Å². The molecule has 4 nitrogen and oxygen atoms in total. The molecule has 5 heteroatoms. The van der Waals surface area contributed by atoms with Crippen molar-refractivity contribution in [3.8, 4) is 0 Å². The molecule has 2 atom stereocenters. The third-order valence-electron chi connectivity index (χ3n) is 3.49. The standard InChI is InChI=1S/C14H20N4S/c1-11-5-2-3-7-13(11)17-14(19)18-16-10-12-6-4-8-15-9-12/h4,6,8-11,13H,2-3,5,7H2,1H3,(H2,17,18,19)/b16-10-/t11-,13-/m0/s1. The van der Waals surface area contributed by atoms with Crippen LogP contribution in [0.1, 0.15) is 38.2 Å². The van der Waals surface area contributed by atoms with Gasteiger partial charge in [0, 0.05) is 24.0 Å². The summed E-state index contributed by atoms with van der Waals surface area (Å²) in [5.41, 5.74) is 3.81. The molecule has 1 aliphatic rings. The molecule has 1 aromatic rings. The molecule has 0 amide bonds. The van der Waals surface area contributed by atoms with Gasteiger partial charge in [0.2, 0.25) is 0 Å². The SMILES string of the molecule is C[C@H]1CCCC[C@@H]1NC(=S)N/N=C\c1cccnc1. The van der Waals surface area contributed by atoms with Gasteiger partial charge < -0.3 is 5.32 Å². The molecule has 0 saturated heterocycles. The van der Waals surface area contributed by atoms with Crippen LogP contribution in [0.2, 0.25) is 0 Å². The van der Waals surface area contributed by atoms with Gasteiger partial charge in [-0.2, -0.15) is 5.10 Å². The molecule has 19 heavy (non-hydrogen) atoms. The van der Waals surface area contributed by atoms with Crippen molar-refractivity contribution in [2.24, 2.45) is 11.0 Å².